The molecule has 3 rings (SSSR count). The van der Waals surface area contributed by atoms with E-state index in [9.17, 15) is 4.39 Å². The third-order valence-corrected chi connectivity index (χ3v) is 4.56. The van der Waals surface area contributed by atoms with E-state index in [4.69, 9.17) is 16.3 Å². The highest BCUT2D eigenvalue weighted by Crippen LogP contribution is 2.30. The molecule has 0 saturated carbocycles. The van der Waals surface area contributed by atoms with Crippen molar-refractivity contribution in [3.8, 4) is 11.1 Å². The largest absolute Gasteiger partial charge is 0.379 e. The summed E-state index contributed by atoms with van der Waals surface area (Å²) in [5, 5.41) is 0.565. The van der Waals surface area contributed by atoms with Crippen LogP contribution in [0.3, 0.4) is 0 Å². The van der Waals surface area contributed by atoms with Gasteiger partial charge in [0.2, 0.25) is 0 Å². The van der Waals surface area contributed by atoms with Crippen molar-refractivity contribution in [1.82, 2.24) is 4.90 Å². The molecule has 1 aliphatic heterocycles. The molecule has 0 aliphatic carbocycles. The Labute approximate surface area is 135 Å². The summed E-state index contributed by atoms with van der Waals surface area (Å²) in [5.74, 6) is -0.273. The van der Waals surface area contributed by atoms with Gasteiger partial charge in [-0.2, -0.15) is 0 Å². The zero-order valence-electron chi connectivity index (χ0n) is 12.6. The minimum absolute atomic E-state index is 0.273. The molecule has 4 heteroatoms. The molecule has 0 spiro atoms. The lowest BCUT2D eigenvalue weighted by Gasteiger charge is -2.32. The lowest BCUT2D eigenvalue weighted by Crippen LogP contribution is -2.37. The minimum atomic E-state index is -0.273. The topological polar surface area (TPSA) is 12.5 Å². The van der Waals surface area contributed by atoms with Crippen molar-refractivity contribution in [2.45, 2.75) is 13.0 Å². The van der Waals surface area contributed by atoms with Crippen LogP contribution in [0.25, 0.3) is 11.1 Å². The molecule has 0 aromatic heterocycles. The highest BCUT2D eigenvalue weighted by Gasteiger charge is 2.18. The Hall–Kier alpha value is -1.42. The second-order valence-electron chi connectivity index (χ2n) is 5.57. The monoisotopic (exact) mass is 319 g/mol. The molecule has 0 unspecified atom stereocenters. The molecule has 1 saturated heterocycles. The van der Waals surface area contributed by atoms with Gasteiger partial charge in [0.15, 0.2) is 0 Å². The van der Waals surface area contributed by atoms with Gasteiger partial charge in [-0.15, -0.1) is 0 Å². The van der Waals surface area contributed by atoms with E-state index >= 15 is 0 Å². The van der Waals surface area contributed by atoms with Crippen LogP contribution < -0.4 is 0 Å². The van der Waals surface area contributed by atoms with Crippen molar-refractivity contribution >= 4 is 11.6 Å². The summed E-state index contributed by atoms with van der Waals surface area (Å²) < 4.78 is 18.8. The quantitative estimate of drug-likeness (QED) is 0.823. The number of halogens is 2. The third-order valence-electron chi connectivity index (χ3n) is 4.23. The average Bonchev–Trinajstić information content (AvgIpc) is 2.57. The fraction of sp³-hybridized carbons (Fsp3) is 0.333. The Balaban J connectivity index is 1.81. The summed E-state index contributed by atoms with van der Waals surface area (Å²) in [5.41, 5.74) is 2.91. The van der Waals surface area contributed by atoms with Crippen LogP contribution in [-0.4, -0.2) is 31.2 Å². The maximum atomic E-state index is 13.4. The van der Waals surface area contributed by atoms with Crippen molar-refractivity contribution in [3.63, 3.8) is 0 Å². The molecule has 2 aromatic carbocycles. The standard InChI is InChI=1S/C18H19ClFNO/c1-13(21-8-10-22-11-9-21)14-2-4-15(5-3-14)17-12-16(20)6-7-18(17)19/h2-7,12-13H,8-11H2,1H3/t13-/m1/s1. The van der Waals surface area contributed by atoms with E-state index < -0.39 is 0 Å². The molecule has 2 nitrogen and oxygen atoms in total. The first-order chi connectivity index (χ1) is 10.6. The minimum Gasteiger partial charge on any atom is -0.379 e. The molecule has 1 atom stereocenters. The van der Waals surface area contributed by atoms with Crippen molar-refractivity contribution in [3.05, 3.63) is 58.9 Å². The Morgan fingerprint density at radius 2 is 1.77 bits per heavy atom. The highest BCUT2D eigenvalue weighted by molar-refractivity contribution is 6.33. The Bertz CT molecular complexity index is 638. The zero-order valence-corrected chi connectivity index (χ0v) is 13.3. The number of hydrogen-bond donors (Lipinski definition) is 0. The molecule has 116 valence electrons. The van der Waals surface area contributed by atoms with E-state index in [1.165, 1.54) is 17.7 Å². The van der Waals surface area contributed by atoms with Crippen LogP contribution >= 0.6 is 11.6 Å². The second kappa shape index (κ2) is 6.78. The molecule has 0 N–H and O–H groups in total. The van der Waals surface area contributed by atoms with Crippen molar-refractivity contribution in [2.24, 2.45) is 0 Å². The van der Waals surface area contributed by atoms with Crippen molar-refractivity contribution in [2.75, 3.05) is 26.3 Å². The molecule has 22 heavy (non-hydrogen) atoms. The van der Waals surface area contributed by atoms with Gasteiger partial charge >= 0.3 is 0 Å². The maximum Gasteiger partial charge on any atom is 0.123 e. The molecule has 1 heterocycles. The first-order valence-corrected chi connectivity index (χ1v) is 7.90. The molecular weight excluding hydrogens is 301 g/mol. The van der Waals surface area contributed by atoms with Crippen LogP contribution in [0.5, 0.6) is 0 Å². The van der Waals surface area contributed by atoms with E-state index in [1.54, 1.807) is 6.07 Å². The van der Waals surface area contributed by atoms with Crippen LogP contribution in [0.2, 0.25) is 5.02 Å². The second-order valence-corrected chi connectivity index (χ2v) is 5.98. The van der Waals surface area contributed by atoms with E-state index in [1.807, 2.05) is 12.1 Å². The van der Waals surface area contributed by atoms with Gasteiger partial charge in [0.05, 0.1) is 13.2 Å². The number of ether oxygens (including phenoxy) is 1. The fourth-order valence-corrected chi connectivity index (χ4v) is 3.06. The highest BCUT2D eigenvalue weighted by atomic mass is 35.5. The summed E-state index contributed by atoms with van der Waals surface area (Å²) in [4.78, 5) is 2.41. The van der Waals surface area contributed by atoms with Crippen molar-refractivity contribution in [1.29, 1.82) is 0 Å². The summed E-state index contributed by atoms with van der Waals surface area (Å²) in [6.45, 7) is 5.70. The van der Waals surface area contributed by atoms with Gasteiger partial charge in [-0.25, -0.2) is 4.39 Å². The first kappa shape index (κ1) is 15.5. The smallest absolute Gasteiger partial charge is 0.123 e. The average molecular weight is 320 g/mol. The van der Waals surface area contributed by atoms with Crippen LogP contribution in [0.4, 0.5) is 4.39 Å². The summed E-state index contributed by atoms with van der Waals surface area (Å²) in [6.07, 6.45) is 0. The molecule has 1 fully saturated rings. The van der Waals surface area contributed by atoms with Gasteiger partial charge in [0.1, 0.15) is 5.82 Å². The van der Waals surface area contributed by atoms with E-state index in [-0.39, 0.29) is 5.82 Å². The Morgan fingerprint density at radius 1 is 1.09 bits per heavy atom. The van der Waals surface area contributed by atoms with Gasteiger partial charge in [0, 0.05) is 29.7 Å². The van der Waals surface area contributed by atoms with Crippen LogP contribution in [0.15, 0.2) is 42.5 Å². The van der Waals surface area contributed by atoms with Crippen LogP contribution in [-0.2, 0) is 4.74 Å². The van der Waals surface area contributed by atoms with Gasteiger partial charge in [0.25, 0.3) is 0 Å². The van der Waals surface area contributed by atoms with Gasteiger partial charge in [-0.05, 0) is 36.2 Å². The van der Waals surface area contributed by atoms with Crippen molar-refractivity contribution < 1.29 is 9.13 Å². The number of benzene rings is 2. The van der Waals surface area contributed by atoms with E-state index in [0.717, 1.165) is 37.4 Å². The van der Waals surface area contributed by atoms with Gasteiger partial charge < -0.3 is 4.74 Å². The molecule has 2 aromatic rings. The fourth-order valence-electron chi connectivity index (χ4n) is 2.84. The SMILES string of the molecule is C[C@H](c1ccc(-c2cc(F)ccc2Cl)cc1)N1CCOCC1. The maximum absolute atomic E-state index is 13.4. The summed E-state index contributed by atoms with van der Waals surface area (Å²) in [7, 11) is 0. The summed E-state index contributed by atoms with van der Waals surface area (Å²) in [6, 6.07) is 13.0. The number of nitrogens with zero attached hydrogens (tertiary/aromatic N) is 1. The predicted molar refractivity (Wildman–Crippen MR) is 87.7 cm³/mol. The molecule has 0 amide bonds. The van der Waals surface area contributed by atoms with Gasteiger partial charge in [-0.1, -0.05) is 35.9 Å². The van der Waals surface area contributed by atoms with Gasteiger partial charge in [-0.3, -0.25) is 4.90 Å². The lowest BCUT2D eigenvalue weighted by atomic mass is 10.0. The predicted octanol–water partition coefficient (Wildman–Crippen LogP) is 4.54. The van der Waals surface area contributed by atoms with Crippen LogP contribution in [0.1, 0.15) is 18.5 Å². The Kier molecular flexibility index (Phi) is 4.77. The number of morpholine rings is 1. The zero-order chi connectivity index (χ0) is 15.5. The Morgan fingerprint density at radius 3 is 2.45 bits per heavy atom. The first-order valence-electron chi connectivity index (χ1n) is 7.52. The van der Waals surface area contributed by atoms with Crippen LogP contribution in [0, 0.1) is 5.82 Å². The molecule has 1 aliphatic rings. The summed E-state index contributed by atoms with van der Waals surface area (Å²) >= 11 is 6.17. The molecule has 0 bridgehead atoms. The lowest BCUT2D eigenvalue weighted by molar-refractivity contribution is 0.0198. The number of rotatable bonds is 3. The number of hydrogen-bond acceptors (Lipinski definition) is 2. The van der Waals surface area contributed by atoms with E-state index in [2.05, 4.69) is 24.0 Å². The third kappa shape index (κ3) is 3.32. The normalized spacial score (nSPS) is 17.4. The molecule has 0 radical (unpaired) electrons. The van der Waals surface area contributed by atoms with E-state index in [0.29, 0.717) is 11.1 Å². The molecular formula is C18H19ClFNO.